The van der Waals surface area contributed by atoms with Crippen LogP contribution in [0.3, 0.4) is 0 Å². The van der Waals surface area contributed by atoms with Crippen molar-refractivity contribution in [2.75, 3.05) is 0 Å². The van der Waals surface area contributed by atoms with E-state index >= 15 is 0 Å². The molecule has 16 heavy (non-hydrogen) atoms. The molecule has 2 N–H and O–H groups in total. The highest BCUT2D eigenvalue weighted by molar-refractivity contribution is 6.30. The van der Waals surface area contributed by atoms with Gasteiger partial charge < -0.3 is 10.5 Å². The maximum Gasteiger partial charge on any atom is 0.573 e. The fourth-order valence-electron chi connectivity index (χ4n) is 1.28. The van der Waals surface area contributed by atoms with Crippen molar-refractivity contribution in [1.29, 1.82) is 0 Å². The van der Waals surface area contributed by atoms with E-state index in [4.69, 9.17) is 17.3 Å². The van der Waals surface area contributed by atoms with Crippen LogP contribution in [0.1, 0.15) is 12.5 Å². The van der Waals surface area contributed by atoms with E-state index in [0.717, 1.165) is 0 Å². The minimum Gasteiger partial charge on any atom is -0.406 e. The van der Waals surface area contributed by atoms with Crippen LogP contribution in [-0.2, 0) is 6.42 Å². The molecule has 1 atom stereocenters. The standard InChI is InChI=1S/C10H11ClF3NO/c1-6(15)4-7-5-8(11)2-3-9(7)16-10(12,13)14/h2-3,5-6H,4,15H2,1H3. The number of hydrogen-bond donors (Lipinski definition) is 1. The van der Waals surface area contributed by atoms with Gasteiger partial charge in [-0.15, -0.1) is 13.2 Å². The van der Waals surface area contributed by atoms with Crippen LogP contribution in [-0.4, -0.2) is 12.4 Å². The number of ether oxygens (including phenoxy) is 1. The van der Waals surface area contributed by atoms with Crippen molar-refractivity contribution in [3.8, 4) is 5.75 Å². The highest BCUT2D eigenvalue weighted by atomic mass is 35.5. The maximum atomic E-state index is 12.1. The van der Waals surface area contributed by atoms with Crippen LogP contribution >= 0.6 is 11.6 Å². The first-order valence-corrected chi connectivity index (χ1v) is 4.95. The number of halogens is 4. The zero-order valence-corrected chi connectivity index (χ0v) is 9.27. The quantitative estimate of drug-likeness (QED) is 0.898. The van der Waals surface area contributed by atoms with E-state index in [2.05, 4.69) is 4.74 Å². The summed E-state index contributed by atoms with van der Waals surface area (Å²) in [5, 5.41) is 0.352. The molecule has 1 rings (SSSR count). The van der Waals surface area contributed by atoms with Gasteiger partial charge in [-0.1, -0.05) is 11.6 Å². The Morgan fingerprint density at radius 2 is 2.06 bits per heavy atom. The first-order valence-electron chi connectivity index (χ1n) is 4.57. The Bertz CT molecular complexity index is 366. The van der Waals surface area contributed by atoms with E-state index in [9.17, 15) is 13.2 Å². The molecule has 2 nitrogen and oxygen atoms in total. The molecule has 1 aromatic carbocycles. The molecule has 0 heterocycles. The van der Waals surface area contributed by atoms with Crippen LogP contribution < -0.4 is 10.5 Å². The third-order valence-corrected chi connectivity index (χ3v) is 2.03. The molecule has 0 spiro atoms. The molecule has 0 aliphatic heterocycles. The molecule has 0 aromatic heterocycles. The van der Waals surface area contributed by atoms with Gasteiger partial charge in [0.15, 0.2) is 0 Å². The Morgan fingerprint density at radius 3 is 2.56 bits per heavy atom. The van der Waals surface area contributed by atoms with Gasteiger partial charge in [0, 0.05) is 11.1 Å². The van der Waals surface area contributed by atoms with Crippen molar-refractivity contribution < 1.29 is 17.9 Å². The first kappa shape index (κ1) is 13.1. The summed E-state index contributed by atoms with van der Waals surface area (Å²) in [7, 11) is 0. The smallest absolute Gasteiger partial charge is 0.406 e. The summed E-state index contributed by atoms with van der Waals surface area (Å²) in [5.74, 6) is -0.255. The molecular weight excluding hydrogens is 243 g/mol. The van der Waals surface area contributed by atoms with Gasteiger partial charge in [0.2, 0.25) is 0 Å². The molecule has 0 saturated heterocycles. The molecular formula is C10H11ClF3NO. The SMILES string of the molecule is CC(N)Cc1cc(Cl)ccc1OC(F)(F)F. The number of nitrogens with two attached hydrogens (primary N) is 1. The molecule has 6 heteroatoms. The Labute approximate surface area is 96.1 Å². The Kier molecular flexibility index (Phi) is 4.04. The lowest BCUT2D eigenvalue weighted by Gasteiger charge is -2.14. The van der Waals surface area contributed by atoms with Crippen molar-refractivity contribution >= 4 is 11.6 Å². The lowest BCUT2D eigenvalue weighted by Crippen LogP contribution is -2.21. The lowest BCUT2D eigenvalue weighted by molar-refractivity contribution is -0.274. The van der Waals surface area contributed by atoms with Crippen molar-refractivity contribution in [2.24, 2.45) is 5.73 Å². The van der Waals surface area contributed by atoms with Gasteiger partial charge in [-0.2, -0.15) is 0 Å². The molecule has 0 aliphatic carbocycles. The Morgan fingerprint density at radius 1 is 1.44 bits per heavy atom. The molecule has 0 amide bonds. The largest absolute Gasteiger partial charge is 0.573 e. The van der Waals surface area contributed by atoms with Gasteiger partial charge in [0.05, 0.1) is 0 Å². The fourth-order valence-corrected chi connectivity index (χ4v) is 1.47. The number of hydrogen-bond acceptors (Lipinski definition) is 2. The highest BCUT2D eigenvalue weighted by Gasteiger charge is 2.32. The van der Waals surface area contributed by atoms with E-state index in [1.54, 1.807) is 6.92 Å². The van der Waals surface area contributed by atoms with Gasteiger partial charge in [-0.05, 0) is 37.1 Å². The van der Waals surface area contributed by atoms with Crippen molar-refractivity contribution in [2.45, 2.75) is 25.7 Å². The van der Waals surface area contributed by atoms with Gasteiger partial charge >= 0.3 is 6.36 Å². The van der Waals surface area contributed by atoms with Crippen LogP contribution in [0.25, 0.3) is 0 Å². The zero-order valence-electron chi connectivity index (χ0n) is 8.51. The third-order valence-electron chi connectivity index (χ3n) is 1.79. The predicted molar refractivity (Wildman–Crippen MR) is 55.5 cm³/mol. The molecule has 0 aliphatic rings. The predicted octanol–water partition coefficient (Wildman–Crippen LogP) is 3.13. The summed E-state index contributed by atoms with van der Waals surface area (Å²) in [6, 6.07) is 3.68. The van der Waals surface area contributed by atoms with Crippen LogP contribution in [0.15, 0.2) is 18.2 Å². The molecule has 0 radical (unpaired) electrons. The highest BCUT2D eigenvalue weighted by Crippen LogP contribution is 2.29. The van der Waals surface area contributed by atoms with Crippen LogP contribution in [0, 0.1) is 0 Å². The summed E-state index contributed by atoms with van der Waals surface area (Å²) in [6.45, 7) is 1.69. The van der Waals surface area contributed by atoms with Gasteiger partial charge in [-0.3, -0.25) is 0 Å². The van der Waals surface area contributed by atoms with E-state index < -0.39 is 6.36 Å². The monoisotopic (exact) mass is 253 g/mol. The molecule has 1 unspecified atom stereocenters. The minimum absolute atomic E-state index is 0.255. The zero-order chi connectivity index (χ0) is 12.3. The van der Waals surface area contributed by atoms with Crippen LogP contribution in [0.4, 0.5) is 13.2 Å². The van der Waals surface area contributed by atoms with E-state index in [1.807, 2.05) is 0 Å². The number of benzene rings is 1. The summed E-state index contributed by atoms with van der Waals surface area (Å²) in [4.78, 5) is 0. The van der Waals surface area contributed by atoms with E-state index in [1.165, 1.54) is 18.2 Å². The topological polar surface area (TPSA) is 35.2 Å². The second kappa shape index (κ2) is 4.93. The van der Waals surface area contributed by atoms with E-state index in [-0.39, 0.29) is 18.2 Å². The van der Waals surface area contributed by atoms with Crippen molar-refractivity contribution in [3.63, 3.8) is 0 Å². The summed E-state index contributed by atoms with van der Waals surface area (Å²) in [6.07, 6.45) is -4.44. The molecule has 0 bridgehead atoms. The number of rotatable bonds is 3. The summed E-state index contributed by atoms with van der Waals surface area (Å²) in [5.41, 5.74) is 5.87. The van der Waals surface area contributed by atoms with Crippen LogP contribution in [0.5, 0.6) is 5.75 Å². The first-order chi connectivity index (χ1) is 7.28. The normalized spacial score (nSPS) is 13.6. The lowest BCUT2D eigenvalue weighted by atomic mass is 10.1. The summed E-state index contributed by atoms with van der Waals surface area (Å²) >= 11 is 5.69. The third kappa shape index (κ3) is 4.28. The van der Waals surface area contributed by atoms with E-state index in [0.29, 0.717) is 10.6 Å². The summed E-state index contributed by atoms with van der Waals surface area (Å²) < 4.78 is 40.1. The van der Waals surface area contributed by atoms with Crippen molar-refractivity contribution in [1.82, 2.24) is 0 Å². The van der Waals surface area contributed by atoms with Gasteiger partial charge in [0.1, 0.15) is 5.75 Å². The second-order valence-corrected chi connectivity index (χ2v) is 3.92. The Hall–Kier alpha value is -0.940. The molecule has 0 fully saturated rings. The van der Waals surface area contributed by atoms with Crippen LogP contribution in [0.2, 0.25) is 5.02 Å². The Balaban J connectivity index is 2.98. The molecule has 0 saturated carbocycles. The molecule has 1 aromatic rings. The maximum absolute atomic E-state index is 12.1. The fraction of sp³-hybridized carbons (Fsp3) is 0.400. The van der Waals surface area contributed by atoms with Gasteiger partial charge in [-0.25, -0.2) is 0 Å². The van der Waals surface area contributed by atoms with Gasteiger partial charge in [0.25, 0.3) is 0 Å². The van der Waals surface area contributed by atoms with Crippen molar-refractivity contribution in [3.05, 3.63) is 28.8 Å². The average molecular weight is 254 g/mol. The minimum atomic E-state index is -4.71. The molecule has 90 valence electrons. The average Bonchev–Trinajstić information content (AvgIpc) is 2.06. The second-order valence-electron chi connectivity index (χ2n) is 3.48. The number of alkyl halides is 3.